The standard InChI is InChI=1S/C13H22ClN3O/c1-9-11(13(14)17(2)16-9)8-15-7-10-5-3-4-6-12(10)18/h10,12,15,18H,3-8H2,1-2H3. The molecule has 2 rings (SSSR count). The average molecular weight is 272 g/mol. The quantitative estimate of drug-likeness (QED) is 0.881. The minimum atomic E-state index is -0.142. The van der Waals surface area contributed by atoms with E-state index in [4.69, 9.17) is 11.6 Å². The summed E-state index contributed by atoms with van der Waals surface area (Å²) in [4.78, 5) is 0. The summed E-state index contributed by atoms with van der Waals surface area (Å²) in [7, 11) is 1.85. The molecular formula is C13H22ClN3O. The van der Waals surface area contributed by atoms with Crippen LogP contribution < -0.4 is 5.32 Å². The molecule has 1 aliphatic rings. The number of aliphatic hydroxyl groups excluding tert-OH is 1. The molecule has 0 aliphatic heterocycles. The molecule has 1 saturated carbocycles. The molecule has 0 spiro atoms. The van der Waals surface area contributed by atoms with E-state index in [1.807, 2.05) is 14.0 Å². The molecule has 0 radical (unpaired) electrons. The first-order chi connectivity index (χ1) is 8.59. The summed E-state index contributed by atoms with van der Waals surface area (Å²) >= 11 is 6.18. The van der Waals surface area contributed by atoms with Gasteiger partial charge in [0.2, 0.25) is 0 Å². The van der Waals surface area contributed by atoms with Crippen LogP contribution in [0.5, 0.6) is 0 Å². The molecule has 5 heteroatoms. The number of aryl methyl sites for hydroxylation is 2. The van der Waals surface area contributed by atoms with Gasteiger partial charge >= 0.3 is 0 Å². The molecule has 1 aromatic rings. The minimum absolute atomic E-state index is 0.142. The number of hydrogen-bond acceptors (Lipinski definition) is 3. The zero-order chi connectivity index (χ0) is 13.1. The van der Waals surface area contributed by atoms with Gasteiger partial charge in [-0.15, -0.1) is 0 Å². The third kappa shape index (κ3) is 3.05. The fraction of sp³-hybridized carbons (Fsp3) is 0.769. The van der Waals surface area contributed by atoms with Gasteiger partial charge in [0.1, 0.15) is 5.15 Å². The van der Waals surface area contributed by atoms with Crippen molar-refractivity contribution in [1.82, 2.24) is 15.1 Å². The van der Waals surface area contributed by atoms with E-state index in [-0.39, 0.29) is 6.10 Å². The number of nitrogens with one attached hydrogen (secondary N) is 1. The topological polar surface area (TPSA) is 50.1 Å². The lowest BCUT2D eigenvalue weighted by Crippen LogP contribution is -2.33. The van der Waals surface area contributed by atoms with E-state index in [1.165, 1.54) is 6.42 Å². The van der Waals surface area contributed by atoms with Gasteiger partial charge in [-0.2, -0.15) is 5.10 Å². The van der Waals surface area contributed by atoms with Crippen LogP contribution in [-0.4, -0.2) is 27.5 Å². The number of halogens is 1. The highest BCUT2D eigenvalue weighted by molar-refractivity contribution is 6.30. The molecule has 2 atom stereocenters. The molecule has 0 saturated heterocycles. The van der Waals surface area contributed by atoms with E-state index in [2.05, 4.69) is 10.4 Å². The highest BCUT2D eigenvalue weighted by Gasteiger charge is 2.22. The van der Waals surface area contributed by atoms with Crippen molar-refractivity contribution in [3.8, 4) is 0 Å². The third-order valence-corrected chi connectivity index (χ3v) is 4.32. The summed E-state index contributed by atoms with van der Waals surface area (Å²) in [5.41, 5.74) is 2.03. The number of aliphatic hydroxyl groups is 1. The van der Waals surface area contributed by atoms with Gasteiger partial charge in [-0.1, -0.05) is 24.4 Å². The second kappa shape index (κ2) is 6.04. The molecule has 0 amide bonds. The van der Waals surface area contributed by atoms with Crippen LogP contribution in [0.25, 0.3) is 0 Å². The van der Waals surface area contributed by atoms with Crippen LogP contribution in [0.15, 0.2) is 0 Å². The monoisotopic (exact) mass is 271 g/mol. The molecule has 102 valence electrons. The van der Waals surface area contributed by atoms with Crippen molar-refractivity contribution < 1.29 is 5.11 Å². The van der Waals surface area contributed by atoms with Gasteiger partial charge in [0.15, 0.2) is 0 Å². The molecule has 1 heterocycles. The first-order valence-corrected chi connectivity index (χ1v) is 7.04. The zero-order valence-electron chi connectivity index (χ0n) is 11.1. The SMILES string of the molecule is Cc1nn(C)c(Cl)c1CNCC1CCCCC1O. The van der Waals surface area contributed by atoms with Crippen LogP contribution in [0.3, 0.4) is 0 Å². The maximum absolute atomic E-state index is 9.90. The summed E-state index contributed by atoms with van der Waals surface area (Å²) in [5.74, 6) is 0.384. The molecule has 0 aromatic carbocycles. The van der Waals surface area contributed by atoms with E-state index in [0.717, 1.165) is 43.6 Å². The summed E-state index contributed by atoms with van der Waals surface area (Å²) in [6, 6.07) is 0. The fourth-order valence-corrected chi connectivity index (χ4v) is 2.92. The van der Waals surface area contributed by atoms with Crippen molar-refractivity contribution in [1.29, 1.82) is 0 Å². The molecule has 0 bridgehead atoms. The van der Waals surface area contributed by atoms with Gasteiger partial charge in [0, 0.05) is 25.7 Å². The van der Waals surface area contributed by atoms with Crippen LogP contribution >= 0.6 is 11.6 Å². The predicted octanol–water partition coefficient (Wildman–Crippen LogP) is 2.02. The summed E-state index contributed by atoms with van der Waals surface area (Å²) in [6.07, 6.45) is 4.31. The number of hydrogen-bond donors (Lipinski definition) is 2. The van der Waals surface area contributed by atoms with Crippen LogP contribution in [0.2, 0.25) is 5.15 Å². The van der Waals surface area contributed by atoms with Gasteiger partial charge in [-0.05, 0) is 25.7 Å². The van der Waals surface area contributed by atoms with Crippen molar-refractivity contribution in [3.05, 3.63) is 16.4 Å². The Morgan fingerprint density at radius 2 is 2.17 bits per heavy atom. The van der Waals surface area contributed by atoms with Gasteiger partial charge < -0.3 is 10.4 Å². The van der Waals surface area contributed by atoms with Crippen LogP contribution in [0.4, 0.5) is 0 Å². The Kier molecular flexibility index (Phi) is 4.65. The number of rotatable bonds is 4. The molecule has 18 heavy (non-hydrogen) atoms. The lowest BCUT2D eigenvalue weighted by atomic mass is 9.86. The van der Waals surface area contributed by atoms with Crippen molar-refractivity contribution in [3.63, 3.8) is 0 Å². The van der Waals surface area contributed by atoms with Crippen LogP contribution in [0, 0.1) is 12.8 Å². The van der Waals surface area contributed by atoms with Crippen molar-refractivity contribution in [2.24, 2.45) is 13.0 Å². The van der Waals surface area contributed by atoms with E-state index in [9.17, 15) is 5.11 Å². The number of aromatic nitrogens is 2. The molecule has 4 nitrogen and oxygen atoms in total. The Labute approximate surface area is 113 Å². The summed E-state index contributed by atoms with van der Waals surface area (Å²) < 4.78 is 1.70. The minimum Gasteiger partial charge on any atom is -0.393 e. The van der Waals surface area contributed by atoms with Crippen LogP contribution in [-0.2, 0) is 13.6 Å². The second-order valence-electron chi connectivity index (χ2n) is 5.22. The molecule has 1 aliphatic carbocycles. The largest absolute Gasteiger partial charge is 0.393 e. The molecule has 2 N–H and O–H groups in total. The molecule has 1 fully saturated rings. The van der Waals surface area contributed by atoms with Crippen molar-refractivity contribution in [2.45, 2.75) is 45.3 Å². The Morgan fingerprint density at radius 1 is 1.44 bits per heavy atom. The van der Waals surface area contributed by atoms with Gasteiger partial charge in [-0.25, -0.2) is 0 Å². The van der Waals surface area contributed by atoms with E-state index in [0.29, 0.717) is 11.1 Å². The average Bonchev–Trinajstić information content (AvgIpc) is 2.58. The molecular weight excluding hydrogens is 250 g/mol. The zero-order valence-corrected chi connectivity index (χ0v) is 11.9. The summed E-state index contributed by atoms with van der Waals surface area (Å²) in [6.45, 7) is 3.55. The predicted molar refractivity (Wildman–Crippen MR) is 72.6 cm³/mol. The smallest absolute Gasteiger partial charge is 0.131 e. The van der Waals surface area contributed by atoms with Gasteiger partial charge in [-0.3, -0.25) is 4.68 Å². The first kappa shape index (κ1) is 13.8. The van der Waals surface area contributed by atoms with Crippen LogP contribution in [0.1, 0.15) is 36.9 Å². The lowest BCUT2D eigenvalue weighted by Gasteiger charge is -2.27. The Hall–Kier alpha value is -0.580. The lowest BCUT2D eigenvalue weighted by molar-refractivity contribution is 0.0695. The van der Waals surface area contributed by atoms with E-state index >= 15 is 0 Å². The summed E-state index contributed by atoms with van der Waals surface area (Å²) in [5, 5.41) is 18.3. The van der Waals surface area contributed by atoms with Crippen molar-refractivity contribution in [2.75, 3.05) is 6.54 Å². The maximum atomic E-state index is 9.90. The second-order valence-corrected chi connectivity index (χ2v) is 5.58. The normalized spacial score (nSPS) is 24.4. The van der Waals surface area contributed by atoms with Gasteiger partial charge in [0.25, 0.3) is 0 Å². The first-order valence-electron chi connectivity index (χ1n) is 6.66. The van der Waals surface area contributed by atoms with Gasteiger partial charge in [0.05, 0.1) is 11.8 Å². The Morgan fingerprint density at radius 3 is 2.78 bits per heavy atom. The highest BCUT2D eigenvalue weighted by atomic mass is 35.5. The molecule has 1 aromatic heterocycles. The third-order valence-electron chi connectivity index (χ3n) is 3.85. The highest BCUT2D eigenvalue weighted by Crippen LogP contribution is 2.24. The Bertz CT molecular complexity index is 405. The number of nitrogens with zero attached hydrogens (tertiary/aromatic N) is 2. The Balaban J connectivity index is 1.84. The fourth-order valence-electron chi connectivity index (χ4n) is 2.68. The van der Waals surface area contributed by atoms with E-state index in [1.54, 1.807) is 4.68 Å². The maximum Gasteiger partial charge on any atom is 0.131 e. The van der Waals surface area contributed by atoms with Crippen molar-refractivity contribution >= 4 is 11.6 Å². The van der Waals surface area contributed by atoms with E-state index < -0.39 is 0 Å². The molecule has 2 unspecified atom stereocenters.